The van der Waals surface area contributed by atoms with Crippen LogP contribution in [0.25, 0.3) is 0 Å². The number of methoxy groups -OCH3 is 1. The Kier molecular flexibility index (Phi) is 8.31. The molecule has 1 amide bonds. The number of amides is 1. The number of nitrogens with one attached hydrogen (secondary N) is 4. The summed E-state index contributed by atoms with van der Waals surface area (Å²) in [7, 11) is 1.48. The number of ether oxygens (including phenoxy) is 2. The minimum Gasteiger partial charge on any atom is -0.494 e. The van der Waals surface area contributed by atoms with Crippen molar-refractivity contribution in [1.29, 1.82) is 0 Å². The molecule has 0 unspecified atom stereocenters. The van der Waals surface area contributed by atoms with Gasteiger partial charge in [-0.05, 0) is 62.3 Å². The number of benzene rings is 2. The number of anilines is 5. The van der Waals surface area contributed by atoms with Crippen LogP contribution in [0.1, 0.15) is 18.4 Å². The molecule has 0 aliphatic carbocycles. The number of alkyl halides is 3. The van der Waals surface area contributed by atoms with E-state index in [-0.39, 0.29) is 17.7 Å². The standard InChI is InChI=1S/C26H27F3N6O3/c1-3-23(36)32-16-5-4-6-17(13-16)33-24-20(26(27,28)29)15-31-25(35-24)34-21-8-7-19(14-22(21)37-2)38-18-9-11-30-12-10-18/h3-8,13-15,18,30H,1,9-12H2,2H3,(H,32,36)(H2,31,33,34,35). The maximum atomic E-state index is 13.7. The highest BCUT2D eigenvalue weighted by Gasteiger charge is 2.35. The topological polar surface area (TPSA) is 109 Å². The van der Waals surface area contributed by atoms with Crippen molar-refractivity contribution in [3.63, 3.8) is 0 Å². The summed E-state index contributed by atoms with van der Waals surface area (Å²) in [5, 5.41) is 11.4. The Morgan fingerprint density at radius 1 is 1.13 bits per heavy atom. The van der Waals surface area contributed by atoms with E-state index in [1.807, 2.05) is 0 Å². The maximum absolute atomic E-state index is 13.7. The van der Waals surface area contributed by atoms with Crippen LogP contribution in [0.4, 0.5) is 42.0 Å². The van der Waals surface area contributed by atoms with Crippen molar-refractivity contribution in [2.45, 2.75) is 25.1 Å². The third-order valence-corrected chi connectivity index (χ3v) is 5.68. The van der Waals surface area contributed by atoms with Gasteiger partial charge in [0.15, 0.2) is 0 Å². The molecule has 1 fully saturated rings. The van der Waals surface area contributed by atoms with Crippen LogP contribution in [-0.2, 0) is 11.0 Å². The van der Waals surface area contributed by atoms with Gasteiger partial charge in [0.05, 0.1) is 12.8 Å². The molecule has 12 heteroatoms. The van der Waals surface area contributed by atoms with E-state index in [1.54, 1.807) is 36.4 Å². The normalized spacial score (nSPS) is 13.9. The number of carbonyl (C=O) groups excluding carboxylic acids is 1. The lowest BCUT2D eigenvalue weighted by Crippen LogP contribution is -2.34. The monoisotopic (exact) mass is 528 g/mol. The second-order valence-corrected chi connectivity index (χ2v) is 8.41. The minimum absolute atomic E-state index is 0.0815. The fourth-order valence-electron chi connectivity index (χ4n) is 3.82. The lowest BCUT2D eigenvalue weighted by atomic mass is 10.1. The number of halogens is 3. The van der Waals surface area contributed by atoms with E-state index in [9.17, 15) is 18.0 Å². The van der Waals surface area contributed by atoms with E-state index in [4.69, 9.17) is 9.47 Å². The number of rotatable bonds is 9. The van der Waals surface area contributed by atoms with E-state index < -0.39 is 23.5 Å². The van der Waals surface area contributed by atoms with Gasteiger partial charge in [0.2, 0.25) is 11.9 Å². The van der Waals surface area contributed by atoms with E-state index in [2.05, 4.69) is 37.8 Å². The summed E-state index contributed by atoms with van der Waals surface area (Å²) in [4.78, 5) is 19.5. The first-order chi connectivity index (χ1) is 18.2. The third-order valence-electron chi connectivity index (χ3n) is 5.68. The second kappa shape index (κ2) is 11.8. The number of nitrogens with zero attached hydrogens (tertiary/aromatic N) is 2. The van der Waals surface area contributed by atoms with Gasteiger partial charge in [0, 0.05) is 23.6 Å². The van der Waals surface area contributed by atoms with E-state index in [0.29, 0.717) is 29.1 Å². The van der Waals surface area contributed by atoms with Crippen LogP contribution in [0.2, 0.25) is 0 Å². The fourth-order valence-corrected chi connectivity index (χ4v) is 3.82. The molecule has 0 spiro atoms. The summed E-state index contributed by atoms with van der Waals surface area (Å²) in [6.07, 6.45) is -1.05. The maximum Gasteiger partial charge on any atom is 0.421 e. The van der Waals surface area contributed by atoms with Crippen LogP contribution in [-0.4, -0.2) is 42.2 Å². The molecule has 1 aromatic heterocycles. The molecule has 1 saturated heterocycles. The first kappa shape index (κ1) is 26.7. The highest BCUT2D eigenvalue weighted by Crippen LogP contribution is 2.37. The summed E-state index contributed by atoms with van der Waals surface area (Å²) in [6, 6.07) is 11.3. The Hall–Kier alpha value is -4.32. The van der Waals surface area contributed by atoms with Gasteiger partial charge in [-0.2, -0.15) is 18.2 Å². The number of hydrogen-bond donors (Lipinski definition) is 4. The first-order valence-electron chi connectivity index (χ1n) is 11.8. The average Bonchev–Trinajstić information content (AvgIpc) is 2.89. The largest absolute Gasteiger partial charge is 0.494 e. The summed E-state index contributed by atoms with van der Waals surface area (Å²) in [5.74, 6) is 0.0419. The fraction of sp³-hybridized carbons (Fsp3) is 0.269. The number of hydrogen-bond acceptors (Lipinski definition) is 8. The molecule has 3 aromatic rings. The van der Waals surface area contributed by atoms with Crippen molar-refractivity contribution < 1.29 is 27.4 Å². The van der Waals surface area contributed by atoms with E-state index in [0.717, 1.165) is 32.0 Å². The molecular formula is C26H27F3N6O3. The zero-order valence-corrected chi connectivity index (χ0v) is 20.6. The molecule has 200 valence electrons. The third kappa shape index (κ3) is 6.91. The Labute approximate surface area is 217 Å². The highest BCUT2D eigenvalue weighted by molar-refractivity contribution is 5.99. The van der Waals surface area contributed by atoms with Crippen LogP contribution < -0.4 is 30.7 Å². The van der Waals surface area contributed by atoms with Gasteiger partial charge >= 0.3 is 6.18 Å². The van der Waals surface area contributed by atoms with Crippen molar-refractivity contribution in [3.8, 4) is 11.5 Å². The van der Waals surface area contributed by atoms with Gasteiger partial charge < -0.3 is 30.7 Å². The first-order valence-corrected chi connectivity index (χ1v) is 11.8. The molecule has 38 heavy (non-hydrogen) atoms. The minimum atomic E-state index is -4.71. The number of piperidine rings is 1. The molecule has 0 saturated carbocycles. The molecule has 2 heterocycles. The Morgan fingerprint density at radius 3 is 2.61 bits per heavy atom. The molecule has 1 aliphatic heterocycles. The molecular weight excluding hydrogens is 501 g/mol. The zero-order valence-electron chi connectivity index (χ0n) is 20.6. The van der Waals surface area contributed by atoms with Gasteiger partial charge in [-0.3, -0.25) is 4.79 Å². The number of aromatic nitrogens is 2. The molecule has 0 atom stereocenters. The Morgan fingerprint density at radius 2 is 1.89 bits per heavy atom. The van der Waals surface area contributed by atoms with Crippen molar-refractivity contribution in [2.24, 2.45) is 0 Å². The van der Waals surface area contributed by atoms with Crippen LogP contribution >= 0.6 is 0 Å². The van der Waals surface area contributed by atoms with Crippen LogP contribution in [0.5, 0.6) is 11.5 Å². The smallest absolute Gasteiger partial charge is 0.421 e. The summed E-state index contributed by atoms with van der Waals surface area (Å²) >= 11 is 0. The molecule has 0 bridgehead atoms. The van der Waals surface area contributed by atoms with Crippen LogP contribution in [0.15, 0.2) is 61.3 Å². The van der Waals surface area contributed by atoms with Gasteiger partial charge in [0.1, 0.15) is 29.0 Å². The van der Waals surface area contributed by atoms with Gasteiger partial charge in [0.25, 0.3) is 0 Å². The zero-order chi connectivity index (χ0) is 27.1. The van der Waals surface area contributed by atoms with Crippen LogP contribution in [0.3, 0.4) is 0 Å². The molecule has 0 radical (unpaired) electrons. The lowest BCUT2D eigenvalue weighted by molar-refractivity contribution is -0.137. The average molecular weight is 529 g/mol. The molecule has 1 aliphatic rings. The number of carbonyl (C=O) groups is 1. The van der Waals surface area contributed by atoms with Gasteiger partial charge in [-0.25, -0.2) is 4.98 Å². The Balaban J connectivity index is 1.57. The highest BCUT2D eigenvalue weighted by atomic mass is 19.4. The van der Waals surface area contributed by atoms with Gasteiger partial charge in [-0.15, -0.1) is 0 Å². The molecule has 2 aromatic carbocycles. The summed E-state index contributed by atoms with van der Waals surface area (Å²) in [6.45, 7) is 5.15. The van der Waals surface area contributed by atoms with E-state index >= 15 is 0 Å². The van der Waals surface area contributed by atoms with Crippen molar-refractivity contribution in [3.05, 3.63) is 66.9 Å². The van der Waals surface area contributed by atoms with Crippen molar-refractivity contribution in [1.82, 2.24) is 15.3 Å². The predicted octanol–water partition coefficient (Wildman–Crippen LogP) is 5.25. The van der Waals surface area contributed by atoms with E-state index in [1.165, 1.54) is 13.2 Å². The molecule has 4 rings (SSSR count). The lowest BCUT2D eigenvalue weighted by Gasteiger charge is -2.24. The quantitative estimate of drug-likeness (QED) is 0.279. The molecule has 9 nitrogen and oxygen atoms in total. The van der Waals surface area contributed by atoms with Crippen LogP contribution in [0, 0.1) is 0 Å². The SMILES string of the molecule is C=CC(=O)Nc1cccc(Nc2nc(Nc3ccc(OC4CCNCC4)cc3OC)ncc2C(F)(F)F)c1. The predicted molar refractivity (Wildman–Crippen MR) is 138 cm³/mol. The van der Waals surface area contributed by atoms with Crippen molar-refractivity contribution >= 4 is 34.7 Å². The summed E-state index contributed by atoms with van der Waals surface area (Å²) < 4.78 is 52.6. The summed E-state index contributed by atoms with van der Waals surface area (Å²) in [5.41, 5.74) is 0.0441. The Bertz CT molecular complexity index is 1300. The van der Waals surface area contributed by atoms with Crippen molar-refractivity contribution in [2.75, 3.05) is 36.1 Å². The van der Waals surface area contributed by atoms with Gasteiger partial charge in [-0.1, -0.05) is 12.6 Å². The molecule has 4 N–H and O–H groups in total. The second-order valence-electron chi connectivity index (χ2n) is 8.41.